The summed E-state index contributed by atoms with van der Waals surface area (Å²) >= 11 is 5.83. The number of ether oxygens (including phenoxy) is 1. The Morgan fingerprint density at radius 3 is 2.50 bits per heavy atom. The molecule has 1 aromatic rings. The van der Waals surface area contributed by atoms with Gasteiger partial charge in [-0.1, -0.05) is 11.6 Å². The number of nitrogens with one attached hydrogen (secondary N) is 2. The van der Waals surface area contributed by atoms with Crippen molar-refractivity contribution >= 4 is 23.4 Å². The van der Waals surface area contributed by atoms with Crippen molar-refractivity contribution in [2.75, 3.05) is 19.7 Å². The number of halogens is 1. The highest BCUT2D eigenvalue weighted by molar-refractivity contribution is 6.30. The highest BCUT2D eigenvalue weighted by atomic mass is 35.5. The lowest BCUT2D eigenvalue weighted by molar-refractivity contribution is -0.149. The molecule has 0 radical (unpaired) electrons. The van der Waals surface area contributed by atoms with Crippen molar-refractivity contribution < 1.29 is 14.3 Å². The van der Waals surface area contributed by atoms with Gasteiger partial charge in [0.1, 0.15) is 0 Å². The molecule has 1 aliphatic heterocycles. The highest BCUT2D eigenvalue weighted by Crippen LogP contribution is 2.18. The Morgan fingerprint density at radius 2 is 1.91 bits per heavy atom. The number of carbonyl (C=O) groups is 2. The molecule has 1 fully saturated rings. The molecule has 1 saturated heterocycles. The number of ketones is 1. The zero-order valence-electron chi connectivity index (χ0n) is 12.6. The summed E-state index contributed by atoms with van der Waals surface area (Å²) in [5, 5.41) is 7.06. The second kappa shape index (κ2) is 8.27. The van der Waals surface area contributed by atoms with Crippen LogP contribution in [0.25, 0.3) is 0 Å². The third-order valence-electron chi connectivity index (χ3n) is 3.65. The van der Waals surface area contributed by atoms with Crippen LogP contribution in [0.4, 0.5) is 0 Å². The highest BCUT2D eigenvalue weighted by Gasteiger charge is 2.32. The van der Waals surface area contributed by atoms with Gasteiger partial charge in [0.15, 0.2) is 5.78 Å². The molecule has 6 heteroatoms. The quantitative estimate of drug-likeness (QED) is 0.619. The van der Waals surface area contributed by atoms with Gasteiger partial charge < -0.3 is 15.4 Å². The van der Waals surface area contributed by atoms with Crippen LogP contribution in [-0.2, 0) is 9.53 Å². The van der Waals surface area contributed by atoms with Crippen molar-refractivity contribution in [3.63, 3.8) is 0 Å². The maximum atomic E-state index is 12.4. The van der Waals surface area contributed by atoms with E-state index in [2.05, 4.69) is 10.6 Å². The standard InChI is InChI=1S/C16H21ClN2O3/c1-2-22-16(21)13(15-18-8-3-9-19-15)10-14(20)11-4-6-12(17)7-5-11/h4-7,13,15,18-19H,2-3,8-10H2,1H3. The van der Waals surface area contributed by atoms with E-state index in [4.69, 9.17) is 16.3 Å². The molecule has 0 amide bonds. The zero-order chi connectivity index (χ0) is 15.9. The molecule has 0 aromatic heterocycles. The van der Waals surface area contributed by atoms with Crippen molar-refractivity contribution in [1.29, 1.82) is 0 Å². The fraction of sp³-hybridized carbons (Fsp3) is 0.500. The van der Waals surface area contributed by atoms with Gasteiger partial charge in [-0.2, -0.15) is 0 Å². The summed E-state index contributed by atoms with van der Waals surface area (Å²) in [6.07, 6.45) is 0.867. The molecule has 1 atom stereocenters. The molecular formula is C16H21ClN2O3. The molecule has 0 aliphatic carbocycles. The largest absolute Gasteiger partial charge is 0.466 e. The first kappa shape index (κ1) is 16.9. The normalized spacial score (nSPS) is 17.0. The summed E-state index contributed by atoms with van der Waals surface area (Å²) < 4.78 is 5.12. The molecular weight excluding hydrogens is 304 g/mol. The SMILES string of the molecule is CCOC(=O)C(CC(=O)c1ccc(Cl)cc1)C1NCCCN1. The molecule has 1 aromatic carbocycles. The average Bonchev–Trinajstić information content (AvgIpc) is 2.54. The first-order chi connectivity index (χ1) is 10.6. The van der Waals surface area contributed by atoms with Gasteiger partial charge in [0.05, 0.1) is 18.7 Å². The van der Waals surface area contributed by atoms with Crippen molar-refractivity contribution in [3.05, 3.63) is 34.9 Å². The fourth-order valence-corrected chi connectivity index (χ4v) is 2.63. The molecule has 1 unspecified atom stereocenters. The van der Waals surface area contributed by atoms with Gasteiger partial charge in [0.25, 0.3) is 0 Å². The molecule has 1 aliphatic rings. The average molecular weight is 325 g/mol. The zero-order valence-corrected chi connectivity index (χ0v) is 13.4. The first-order valence-corrected chi connectivity index (χ1v) is 7.91. The lowest BCUT2D eigenvalue weighted by atomic mass is 9.94. The smallest absolute Gasteiger partial charge is 0.312 e. The van der Waals surface area contributed by atoms with E-state index < -0.39 is 5.92 Å². The topological polar surface area (TPSA) is 67.4 Å². The molecule has 22 heavy (non-hydrogen) atoms. The monoisotopic (exact) mass is 324 g/mol. The van der Waals surface area contributed by atoms with Crippen LogP contribution in [-0.4, -0.2) is 37.6 Å². The Balaban J connectivity index is 2.09. The minimum absolute atomic E-state index is 0.0936. The Hall–Kier alpha value is -1.43. The Labute approximate surface area is 135 Å². The van der Waals surface area contributed by atoms with Gasteiger partial charge in [-0.15, -0.1) is 0 Å². The van der Waals surface area contributed by atoms with Gasteiger partial charge in [-0.05, 0) is 50.7 Å². The van der Waals surface area contributed by atoms with Crippen LogP contribution in [0.15, 0.2) is 24.3 Å². The minimum Gasteiger partial charge on any atom is -0.466 e. The van der Waals surface area contributed by atoms with Crippen LogP contribution < -0.4 is 10.6 Å². The summed E-state index contributed by atoms with van der Waals surface area (Å²) in [5.74, 6) is -0.982. The number of rotatable bonds is 6. The summed E-state index contributed by atoms with van der Waals surface area (Å²) in [4.78, 5) is 24.6. The number of carbonyl (C=O) groups excluding carboxylic acids is 2. The molecule has 5 nitrogen and oxygen atoms in total. The third kappa shape index (κ3) is 4.53. The Kier molecular flexibility index (Phi) is 6.36. The van der Waals surface area contributed by atoms with Crippen molar-refractivity contribution in [2.24, 2.45) is 5.92 Å². The van der Waals surface area contributed by atoms with E-state index in [0.29, 0.717) is 17.2 Å². The predicted molar refractivity (Wildman–Crippen MR) is 84.9 cm³/mol. The maximum Gasteiger partial charge on any atom is 0.312 e. The molecule has 2 rings (SSSR count). The van der Waals surface area contributed by atoms with Crippen LogP contribution in [0, 0.1) is 5.92 Å². The second-order valence-corrected chi connectivity index (χ2v) is 5.67. The van der Waals surface area contributed by atoms with E-state index >= 15 is 0 Å². The number of benzene rings is 1. The number of hydrogen-bond donors (Lipinski definition) is 2. The van der Waals surface area contributed by atoms with E-state index in [1.54, 1.807) is 31.2 Å². The Morgan fingerprint density at radius 1 is 1.27 bits per heavy atom. The summed E-state index contributed by atoms with van der Waals surface area (Å²) in [5.41, 5.74) is 0.550. The summed E-state index contributed by atoms with van der Waals surface area (Å²) in [6.45, 7) is 3.71. The van der Waals surface area contributed by atoms with E-state index in [1.807, 2.05) is 0 Å². The molecule has 0 bridgehead atoms. The number of esters is 1. The van der Waals surface area contributed by atoms with Crippen molar-refractivity contribution in [3.8, 4) is 0 Å². The van der Waals surface area contributed by atoms with E-state index in [9.17, 15) is 9.59 Å². The minimum atomic E-state index is -0.538. The second-order valence-electron chi connectivity index (χ2n) is 5.23. The molecule has 2 N–H and O–H groups in total. The van der Waals surface area contributed by atoms with Gasteiger partial charge in [0.2, 0.25) is 0 Å². The van der Waals surface area contributed by atoms with E-state index in [-0.39, 0.29) is 24.3 Å². The van der Waals surface area contributed by atoms with Crippen molar-refractivity contribution in [2.45, 2.75) is 25.9 Å². The van der Waals surface area contributed by atoms with E-state index in [0.717, 1.165) is 19.5 Å². The maximum absolute atomic E-state index is 12.4. The first-order valence-electron chi connectivity index (χ1n) is 7.54. The number of Topliss-reactive ketones (excluding diaryl/α,β-unsaturated/α-hetero) is 1. The predicted octanol–water partition coefficient (Wildman–Crippen LogP) is 2.00. The fourth-order valence-electron chi connectivity index (χ4n) is 2.50. The summed E-state index contributed by atoms with van der Waals surface area (Å²) in [6, 6.07) is 6.69. The molecule has 0 spiro atoms. The molecule has 0 saturated carbocycles. The van der Waals surface area contributed by atoms with Crippen LogP contribution in [0.2, 0.25) is 5.02 Å². The lowest BCUT2D eigenvalue weighted by Crippen LogP contribution is -2.55. The van der Waals surface area contributed by atoms with Gasteiger partial charge in [-0.25, -0.2) is 0 Å². The van der Waals surface area contributed by atoms with Crippen LogP contribution in [0.1, 0.15) is 30.1 Å². The third-order valence-corrected chi connectivity index (χ3v) is 3.90. The lowest BCUT2D eigenvalue weighted by Gasteiger charge is -2.30. The molecule has 1 heterocycles. The molecule has 120 valence electrons. The van der Waals surface area contributed by atoms with Crippen LogP contribution in [0.5, 0.6) is 0 Å². The van der Waals surface area contributed by atoms with Crippen molar-refractivity contribution in [1.82, 2.24) is 10.6 Å². The van der Waals surface area contributed by atoms with Crippen LogP contribution in [0.3, 0.4) is 0 Å². The van der Waals surface area contributed by atoms with E-state index in [1.165, 1.54) is 0 Å². The van der Waals surface area contributed by atoms with Gasteiger partial charge in [-0.3, -0.25) is 9.59 Å². The Bertz CT molecular complexity index is 513. The van der Waals surface area contributed by atoms with Gasteiger partial charge >= 0.3 is 5.97 Å². The van der Waals surface area contributed by atoms with Gasteiger partial charge in [0, 0.05) is 17.0 Å². The van der Waals surface area contributed by atoms with Crippen LogP contribution >= 0.6 is 11.6 Å². The number of hydrogen-bond acceptors (Lipinski definition) is 5. The summed E-state index contributed by atoms with van der Waals surface area (Å²) in [7, 11) is 0.